The molecule has 22 heavy (non-hydrogen) atoms. The highest BCUT2D eigenvalue weighted by Crippen LogP contribution is 2.35. The maximum Gasteiger partial charge on any atom is 0.166 e. The molecular weight excluding hydrogens is 305 g/mol. The number of halogens is 2. The zero-order valence-corrected chi connectivity index (χ0v) is 13.6. The Morgan fingerprint density at radius 3 is 2.45 bits per heavy atom. The first-order valence-electron chi connectivity index (χ1n) is 7.02. The molecule has 0 fully saturated rings. The van der Waals surface area contributed by atoms with E-state index in [1.165, 1.54) is 12.1 Å². The average molecular weight is 324 g/mol. The largest absolute Gasteiger partial charge is 0.493 e. The molecule has 0 saturated carbocycles. The highest BCUT2D eigenvalue weighted by molar-refractivity contribution is 6.30. The third-order valence-electron chi connectivity index (χ3n) is 3.00. The zero-order valence-electron chi connectivity index (χ0n) is 12.8. The standard InChI is InChI=1S/C17H19ClFNO2/c1-11(2)22-17-12(8-13(18)9-16(17)21-3)10-20-15-6-4-14(19)5-7-15/h4-9,11,20H,10H2,1-3H3. The fourth-order valence-corrected chi connectivity index (χ4v) is 2.27. The van der Waals surface area contributed by atoms with E-state index in [0.29, 0.717) is 23.1 Å². The molecule has 0 unspecified atom stereocenters. The van der Waals surface area contributed by atoms with Crippen LogP contribution in [0.5, 0.6) is 11.5 Å². The van der Waals surface area contributed by atoms with Gasteiger partial charge in [-0.2, -0.15) is 0 Å². The fraction of sp³-hybridized carbons (Fsp3) is 0.294. The van der Waals surface area contributed by atoms with Gasteiger partial charge in [-0.1, -0.05) is 11.6 Å². The molecule has 3 nitrogen and oxygen atoms in total. The van der Waals surface area contributed by atoms with Gasteiger partial charge in [0, 0.05) is 28.9 Å². The second kappa shape index (κ2) is 7.36. The van der Waals surface area contributed by atoms with Crippen molar-refractivity contribution < 1.29 is 13.9 Å². The molecule has 0 bridgehead atoms. The van der Waals surface area contributed by atoms with Gasteiger partial charge < -0.3 is 14.8 Å². The van der Waals surface area contributed by atoms with Crippen LogP contribution in [0.15, 0.2) is 36.4 Å². The molecule has 118 valence electrons. The summed E-state index contributed by atoms with van der Waals surface area (Å²) < 4.78 is 24.1. The Kier molecular flexibility index (Phi) is 5.50. The van der Waals surface area contributed by atoms with E-state index < -0.39 is 0 Å². The smallest absolute Gasteiger partial charge is 0.166 e. The predicted octanol–water partition coefficient (Wildman–Crippen LogP) is 4.89. The summed E-state index contributed by atoms with van der Waals surface area (Å²) in [6, 6.07) is 9.73. The van der Waals surface area contributed by atoms with Crippen molar-refractivity contribution in [3.8, 4) is 11.5 Å². The number of benzene rings is 2. The molecule has 2 aromatic carbocycles. The van der Waals surface area contributed by atoms with Crippen molar-refractivity contribution in [1.82, 2.24) is 0 Å². The summed E-state index contributed by atoms with van der Waals surface area (Å²) in [7, 11) is 1.58. The van der Waals surface area contributed by atoms with E-state index >= 15 is 0 Å². The van der Waals surface area contributed by atoms with Gasteiger partial charge in [0.2, 0.25) is 0 Å². The molecule has 0 aromatic heterocycles. The SMILES string of the molecule is COc1cc(Cl)cc(CNc2ccc(F)cc2)c1OC(C)C. The molecule has 2 aromatic rings. The summed E-state index contributed by atoms with van der Waals surface area (Å²) in [6.07, 6.45) is 0.0136. The second-order valence-corrected chi connectivity index (χ2v) is 5.56. The monoisotopic (exact) mass is 323 g/mol. The summed E-state index contributed by atoms with van der Waals surface area (Å²) in [5.74, 6) is 0.993. The van der Waals surface area contributed by atoms with Crippen LogP contribution in [0.25, 0.3) is 0 Å². The fourth-order valence-electron chi connectivity index (χ4n) is 2.04. The van der Waals surface area contributed by atoms with Crippen LogP contribution in [0.1, 0.15) is 19.4 Å². The van der Waals surface area contributed by atoms with Gasteiger partial charge in [-0.05, 0) is 44.2 Å². The Morgan fingerprint density at radius 1 is 1.18 bits per heavy atom. The quantitative estimate of drug-likeness (QED) is 0.821. The van der Waals surface area contributed by atoms with Gasteiger partial charge in [-0.3, -0.25) is 0 Å². The van der Waals surface area contributed by atoms with E-state index in [0.717, 1.165) is 11.3 Å². The lowest BCUT2D eigenvalue weighted by Gasteiger charge is -2.18. The van der Waals surface area contributed by atoms with E-state index in [1.54, 1.807) is 25.3 Å². The van der Waals surface area contributed by atoms with E-state index in [-0.39, 0.29) is 11.9 Å². The topological polar surface area (TPSA) is 30.5 Å². The van der Waals surface area contributed by atoms with Crippen LogP contribution in [0.3, 0.4) is 0 Å². The van der Waals surface area contributed by atoms with Crippen molar-refractivity contribution in [3.63, 3.8) is 0 Å². The number of anilines is 1. The number of hydrogen-bond donors (Lipinski definition) is 1. The minimum absolute atomic E-state index is 0.0136. The molecule has 0 heterocycles. The Bertz CT molecular complexity index is 629. The predicted molar refractivity (Wildman–Crippen MR) is 87.5 cm³/mol. The minimum atomic E-state index is -0.265. The lowest BCUT2D eigenvalue weighted by Crippen LogP contribution is -2.10. The first-order valence-corrected chi connectivity index (χ1v) is 7.40. The highest BCUT2D eigenvalue weighted by atomic mass is 35.5. The molecule has 0 atom stereocenters. The molecule has 2 rings (SSSR count). The molecule has 0 saturated heterocycles. The van der Waals surface area contributed by atoms with Crippen LogP contribution < -0.4 is 14.8 Å². The van der Waals surface area contributed by atoms with Gasteiger partial charge in [-0.25, -0.2) is 4.39 Å². The Balaban J connectivity index is 2.24. The molecule has 0 radical (unpaired) electrons. The summed E-state index contributed by atoms with van der Waals surface area (Å²) in [5.41, 5.74) is 1.69. The average Bonchev–Trinajstić information content (AvgIpc) is 2.48. The molecule has 0 amide bonds. The van der Waals surface area contributed by atoms with Crippen LogP contribution in [-0.4, -0.2) is 13.2 Å². The Hall–Kier alpha value is -1.94. The molecule has 0 spiro atoms. The van der Waals surface area contributed by atoms with E-state index in [9.17, 15) is 4.39 Å². The summed E-state index contributed by atoms with van der Waals surface area (Å²) in [5, 5.41) is 3.79. The molecule has 0 aliphatic heterocycles. The van der Waals surface area contributed by atoms with Crippen LogP contribution in [0, 0.1) is 5.82 Å². The molecule has 1 N–H and O–H groups in total. The van der Waals surface area contributed by atoms with Crippen LogP contribution in [0.4, 0.5) is 10.1 Å². The van der Waals surface area contributed by atoms with Crippen molar-refractivity contribution in [1.29, 1.82) is 0 Å². The van der Waals surface area contributed by atoms with Gasteiger partial charge in [0.1, 0.15) is 5.82 Å². The number of rotatable bonds is 6. The van der Waals surface area contributed by atoms with Crippen molar-refractivity contribution in [3.05, 3.63) is 52.8 Å². The highest BCUT2D eigenvalue weighted by Gasteiger charge is 2.14. The number of nitrogens with one attached hydrogen (secondary N) is 1. The number of hydrogen-bond acceptors (Lipinski definition) is 3. The third-order valence-corrected chi connectivity index (χ3v) is 3.22. The molecular formula is C17H19ClFNO2. The molecule has 0 aliphatic rings. The number of ether oxygens (including phenoxy) is 2. The first kappa shape index (κ1) is 16.4. The molecule has 5 heteroatoms. The minimum Gasteiger partial charge on any atom is -0.493 e. The Morgan fingerprint density at radius 2 is 1.86 bits per heavy atom. The second-order valence-electron chi connectivity index (χ2n) is 5.12. The van der Waals surface area contributed by atoms with Gasteiger partial charge in [0.05, 0.1) is 13.2 Å². The molecule has 0 aliphatic carbocycles. The van der Waals surface area contributed by atoms with Gasteiger partial charge in [0.15, 0.2) is 11.5 Å². The maximum atomic E-state index is 12.9. The van der Waals surface area contributed by atoms with Crippen LogP contribution in [0.2, 0.25) is 5.02 Å². The van der Waals surface area contributed by atoms with Gasteiger partial charge in [-0.15, -0.1) is 0 Å². The van der Waals surface area contributed by atoms with E-state index in [2.05, 4.69) is 5.32 Å². The van der Waals surface area contributed by atoms with Crippen LogP contribution in [-0.2, 0) is 6.54 Å². The summed E-state index contributed by atoms with van der Waals surface area (Å²) in [4.78, 5) is 0. The van der Waals surface area contributed by atoms with E-state index in [4.69, 9.17) is 21.1 Å². The lowest BCUT2D eigenvalue weighted by atomic mass is 10.1. The van der Waals surface area contributed by atoms with Crippen molar-refractivity contribution in [2.45, 2.75) is 26.5 Å². The summed E-state index contributed by atoms with van der Waals surface area (Å²) >= 11 is 6.13. The van der Waals surface area contributed by atoms with Crippen LogP contribution >= 0.6 is 11.6 Å². The third kappa shape index (κ3) is 4.28. The number of methoxy groups -OCH3 is 1. The van der Waals surface area contributed by atoms with Gasteiger partial charge >= 0.3 is 0 Å². The zero-order chi connectivity index (χ0) is 16.1. The first-order chi connectivity index (χ1) is 10.5. The van der Waals surface area contributed by atoms with Gasteiger partial charge in [0.25, 0.3) is 0 Å². The van der Waals surface area contributed by atoms with Crippen molar-refractivity contribution in [2.75, 3.05) is 12.4 Å². The lowest BCUT2D eigenvalue weighted by molar-refractivity contribution is 0.228. The summed E-state index contributed by atoms with van der Waals surface area (Å²) in [6.45, 7) is 4.39. The van der Waals surface area contributed by atoms with E-state index in [1.807, 2.05) is 19.9 Å². The van der Waals surface area contributed by atoms with Crippen molar-refractivity contribution >= 4 is 17.3 Å². The van der Waals surface area contributed by atoms with Crippen molar-refractivity contribution in [2.24, 2.45) is 0 Å². The maximum absolute atomic E-state index is 12.9. The normalized spacial score (nSPS) is 10.6. The Labute approximate surface area is 135 Å².